The molecule has 0 aliphatic carbocycles. The van der Waals surface area contributed by atoms with Gasteiger partial charge in [-0.25, -0.2) is 8.78 Å². The summed E-state index contributed by atoms with van der Waals surface area (Å²) >= 11 is 1.06. The number of nitrogens with one attached hydrogen (secondary N) is 2. The lowest BCUT2D eigenvalue weighted by Crippen LogP contribution is -2.21. The van der Waals surface area contributed by atoms with Crippen LogP contribution < -0.4 is 20.8 Å². The molecule has 2 heterocycles. The van der Waals surface area contributed by atoms with Crippen LogP contribution in [0.4, 0.5) is 14.5 Å². The first kappa shape index (κ1) is 24.8. The summed E-state index contributed by atoms with van der Waals surface area (Å²) in [5.74, 6) is -2.49. The molecule has 4 rings (SSSR count). The first-order chi connectivity index (χ1) is 17.2. The standard InChI is InChI=1S/C26H21F2N3O4S/c1-4-23(32)30-16-7-9-21(35-20-8-6-15(27)10-17(20)28)18(11-16)31-13-14(3)24(33)25-19(31)12-22(36-25)26(34)29-5-2/h4,6-13H,1,5H2,2-3H3,(H,29,34)(H,30,32). The number of hydrogen-bond donors (Lipinski definition) is 2. The Hall–Kier alpha value is -4.31. The maximum absolute atomic E-state index is 14.4. The highest BCUT2D eigenvalue weighted by Crippen LogP contribution is 2.35. The third-order valence-electron chi connectivity index (χ3n) is 5.21. The fourth-order valence-corrected chi connectivity index (χ4v) is 4.59. The van der Waals surface area contributed by atoms with E-state index in [1.807, 2.05) is 0 Å². The van der Waals surface area contributed by atoms with Crippen molar-refractivity contribution >= 4 is 39.1 Å². The van der Waals surface area contributed by atoms with Crippen molar-refractivity contribution in [3.05, 3.63) is 93.6 Å². The Morgan fingerprint density at radius 2 is 1.89 bits per heavy atom. The Balaban J connectivity index is 1.95. The molecular weight excluding hydrogens is 488 g/mol. The average molecular weight is 510 g/mol. The summed E-state index contributed by atoms with van der Waals surface area (Å²) in [4.78, 5) is 37.6. The molecule has 36 heavy (non-hydrogen) atoms. The number of thiophene rings is 1. The zero-order valence-electron chi connectivity index (χ0n) is 19.4. The molecule has 0 radical (unpaired) electrons. The SMILES string of the molecule is C=CC(=O)Nc1ccc(Oc2ccc(F)cc2F)c(-n2cc(C)c(=O)c3sc(C(=O)NCC)cc32)c1. The largest absolute Gasteiger partial charge is 0.452 e. The summed E-state index contributed by atoms with van der Waals surface area (Å²) in [7, 11) is 0. The summed E-state index contributed by atoms with van der Waals surface area (Å²) in [6.07, 6.45) is 2.68. The Morgan fingerprint density at radius 3 is 2.58 bits per heavy atom. The van der Waals surface area contributed by atoms with Crippen LogP contribution >= 0.6 is 11.3 Å². The molecule has 0 atom stereocenters. The molecule has 0 saturated heterocycles. The monoisotopic (exact) mass is 509 g/mol. The van der Waals surface area contributed by atoms with Crippen LogP contribution in [0.5, 0.6) is 11.5 Å². The highest BCUT2D eigenvalue weighted by Gasteiger charge is 2.19. The van der Waals surface area contributed by atoms with Gasteiger partial charge in [0.1, 0.15) is 5.82 Å². The van der Waals surface area contributed by atoms with Gasteiger partial charge in [0.05, 0.1) is 20.8 Å². The predicted octanol–water partition coefficient (Wildman–Crippen LogP) is 5.31. The van der Waals surface area contributed by atoms with Crippen molar-refractivity contribution in [2.45, 2.75) is 13.8 Å². The van der Waals surface area contributed by atoms with Gasteiger partial charge in [-0.05, 0) is 56.3 Å². The molecule has 2 amide bonds. The van der Waals surface area contributed by atoms with Crippen molar-refractivity contribution in [3.63, 3.8) is 0 Å². The number of ether oxygens (including phenoxy) is 1. The predicted molar refractivity (Wildman–Crippen MR) is 135 cm³/mol. The van der Waals surface area contributed by atoms with Gasteiger partial charge < -0.3 is 19.9 Å². The van der Waals surface area contributed by atoms with E-state index in [2.05, 4.69) is 17.2 Å². The van der Waals surface area contributed by atoms with Crippen LogP contribution in [-0.4, -0.2) is 22.9 Å². The van der Waals surface area contributed by atoms with Gasteiger partial charge in [0.25, 0.3) is 5.91 Å². The molecule has 2 aromatic heterocycles. The van der Waals surface area contributed by atoms with E-state index in [1.165, 1.54) is 6.07 Å². The van der Waals surface area contributed by atoms with Gasteiger partial charge in [0, 0.05) is 30.1 Å². The highest BCUT2D eigenvalue weighted by molar-refractivity contribution is 7.20. The zero-order chi connectivity index (χ0) is 26.0. The van der Waals surface area contributed by atoms with Gasteiger partial charge in [0.2, 0.25) is 11.3 Å². The van der Waals surface area contributed by atoms with E-state index in [-0.39, 0.29) is 22.8 Å². The second-order valence-corrected chi connectivity index (χ2v) is 8.80. The number of benzene rings is 2. The molecule has 0 saturated carbocycles. The van der Waals surface area contributed by atoms with Crippen LogP contribution in [0.15, 0.2) is 66.1 Å². The van der Waals surface area contributed by atoms with Gasteiger partial charge in [-0.3, -0.25) is 14.4 Å². The zero-order valence-corrected chi connectivity index (χ0v) is 20.2. The number of halogens is 2. The highest BCUT2D eigenvalue weighted by atomic mass is 32.1. The Kier molecular flexibility index (Phi) is 6.98. The third-order valence-corrected chi connectivity index (χ3v) is 6.33. The molecule has 184 valence electrons. The quantitative estimate of drug-likeness (QED) is 0.331. The molecule has 0 aliphatic heterocycles. The van der Waals surface area contributed by atoms with Crippen molar-refractivity contribution in [3.8, 4) is 17.2 Å². The Bertz CT molecular complexity index is 1580. The average Bonchev–Trinajstić information content (AvgIpc) is 3.30. The van der Waals surface area contributed by atoms with Crippen LogP contribution in [-0.2, 0) is 4.79 Å². The number of aryl methyl sites for hydroxylation is 1. The summed E-state index contributed by atoms with van der Waals surface area (Å²) in [5.41, 5.74) is 1.31. The summed E-state index contributed by atoms with van der Waals surface area (Å²) in [5, 5.41) is 5.37. The third kappa shape index (κ3) is 4.89. The van der Waals surface area contributed by atoms with E-state index in [4.69, 9.17) is 4.74 Å². The van der Waals surface area contributed by atoms with E-state index in [0.29, 0.717) is 44.6 Å². The molecule has 0 unspecified atom stereocenters. The number of carbonyl (C=O) groups is 2. The Morgan fingerprint density at radius 1 is 1.14 bits per heavy atom. The number of aromatic nitrogens is 1. The molecule has 0 spiro atoms. The summed E-state index contributed by atoms with van der Waals surface area (Å²) in [6, 6.07) is 9.14. The molecule has 4 aromatic rings. The summed E-state index contributed by atoms with van der Waals surface area (Å²) in [6.45, 7) is 7.28. The molecule has 7 nitrogen and oxygen atoms in total. The van der Waals surface area contributed by atoms with Crippen molar-refractivity contribution in [2.75, 3.05) is 11.9 Å². The van der Waals surface area contributed by atoms with Gasteiger partial charge >= 0.3 is 0 Å². The number of pyridine rings is 1. The van der Waals surface area contributed by atoms with Crippen molar-refractivity contribution in [1.29, 1.82) is 0 Å². The fourth-order valence-electron chi connectivity index (χ4n) is 3.52. The number of nitrogens with zero attached hydrogens (tertiary/aromatic N) is 1. The van der Waals surface area contributed by atoms with Gasteiger partial charge in [-0.2, -0.15) is 0 Å². The fraction of sp³-hybridized carbons (Fsp3) is 0.115. The van der Waals surface area contributed by atoms with Gasteiger partial charge in [-0.1, -0.05) is 6.58 Å². The number of anilines is 1. The molecular formula is C26H21F2N3O4S. The van der Waals surface area contributed by atoms with Crippen LogP contribution in [0, 0.1) is 18.6 Å². The number of rotatable bonds is 7. The van der Waals surface area contributed by atoms with Crippen molar-refractivity contribution in [2.24, 2.45) is 0 Å². The van der Waals surface area contributed by atoms with E-state index in [9.17, 15) is 23.2 Å². The van der Waals surface area contributed by atoms with E-state index in [0.717, 1.165) is 29.5 Å². The lowest BCUT2D eigenvalue weighted by Gasteiger charge is -2.17. The molecule has 2 N–H and O–H groups in total. The normalized spacial score (nSPS) is 10.8. The van der Waals surface area contributed by atoms with Gasteiger partial charge in [0.15, 0.2) is 17.3 Å². The minimum absolute atomic E-state index is 0.159. The molecule has 2 aromatic carbocycles. The molecule has 10 heteroatoms. The first-order valence-corrected chi connectivity index (χ1v) is 11.7. The van der Waals surface area contributed by atoms with Crippen LogP contribution in [0.2, 0.25) is 0 Å². The Labute approximate surface area is 208 Å². The summed E-state index contributed by atoms with van der Waals surface area (Å²) < 4.78 is 35.6. The van der Waals surface area contributed by atoms with Gasteiger partial charge in [-0.15, -0.1) is 11.3 Å². The molecule has 0 bridgehead atoms. The number of amides is 2. The van der Waals surface area contributed by atoms with Crippen LogP contribution in [0.25, 0.3) is 15.9 Å². The number of fused-ring (bicyclic) bond motifs is 1. The minimum atomic E-state index is -0.903. The minimum Gasteiger partial charge on any atom is -0.452 e. The van der Waals surface area contributed by atoms with Crippen molar-refractivity contribution < 1.29 is 23.1 Å². The van der Waals surface area contributed by atoms with E-state index < -0.39 is 17.5 Å². The lowest BCUT2D eigenvalue weighted by molar-refractivity contribution is -0.111. The van der Waals surface area contributed by atoms with Crippen LogP contribution in [0.1, 0.15) is 22.2 Å². The second-order valence-electron chi connectivity index (χ2n) is 7.75. The van der Waals surface area contributed by atoms with Crippen molar-refractivity contribution in [1.82, 2.24) is 9.88 Å². The lowest BCUT2D eigenvalue weighted by atomic mass is 10.2. The molecule has 0 fully saturated rings. The maximum atomic E-state index is 14.4. The molecule has 0 aliphatic rings. The topological polar surface area (TPSA) is 89.4 Å². The number of carbonyl (C=O) groups excluding carboxylic acids is 2. The smallest absolute Gasteiger partial charge is 0.261 e. The second kappa shape index (κ2) is 10.1. The van der Waals surface area contributed by atoms with Crippen LogP contribution in [0.3, 0.4) is 0 Å². The van der Waals surface area contributed by atoms with E-state index in [1.54, 1.807) is 42.8 Å². The number of hydrogen-bond acceptors (Lipinski definition) is 5. The maximum Gasteiger partial charge on any atom is 0.261 e. The van der Waals surface area contributed by atoms with E-state index >= 15 is 0 Å². The first-order valence-electron chi connectivity index (χ1n) is 10.9.